The van der Waals surface area contributed by atoms with Crippen molar-refractivity contribution < 1.29 is 25.9 Å². The SMILES string of the molecule is Cc1cc(Cl)c(S(=O)(=O)O)c(S(=O)(=O)O)c1[N+]#N. The summed E-state index contributed by atoms with van der Waals surface area (Å²) in [5, 5.41) is 8.04. The number of hydrogen-bond acceptors (Lipinski definition) is 5. The fraction of sp³-hybridized carbons (Fsp3) is 0.143. The standard InChI is InChI=1S/C7H5ClN2O6S2/c1-3-2-4(8)6(17(11,12)13)7(5(3)10-9)18(14,15)16/h2H,1H3,(H-,11,12,13,14,15,16)/p+1. The molecule has 0 aliphatic carbocycles. The molecule has 8 nitrogen and oxygen atoms in total. The Hall–Kier alpha value is -1.25. The lowest BCUT2D eigenvalue weighted by atomic mass is 10.2. The first-order chi connectivity index (χ1) is 8.00. The second-order valence-electron chi connectivity index (χ2n) is 3.23. The minimum absolute atomic E-state index is 0.0116. The molecule has 0 bridgehead atoms. The molecule has 1 aromatic carbocycles. The number of halogens is 1. The molecule has 0 unspecified atom stereocenters. The van der Waals surface area contributed by atoms with Crippen LogP contribution in [0.5, 0.6) is 0 Å². The van der Waals surface area contributed by atoms with E-state index in [0.29, 0.717) is 0 Å². The van der Waals surface area contributed by atoms with Crippen LogP contribution in [0, 0.1) is 12.3 Å². The van der Waals surface area contributed by atoms with Gasteiger partial charge in [-0.15, -0.1) is 0 Å². The number of diazo groups is 1. The Morgan fingerprint density at radius 3 is 1.94 bits per heavy atom. The number of rotatable bonds is 2. The van der Waals surface area contributed by atoms with Gasteiger partial charge in [0.25, 0.3) is 10.1 Å². The zero-order chi connectivity index (χ0) is 14.3. The maximum absolute atomic E-state index is 11.1. The Bertz CT molecular complexity index is 762. The summed E-state index contributed by atoms with van der Waals surface area (Å²) in [6.07, 6.45) is 0. The van der Waals surface area contributed by atoms with E-state index in [0.717, 1.165) is 6.07 Å². The van der Waals surface area contributed by atoms with Crippen LogP contribution in [0.2, 0.25) is 5.02 Å². The molecule has 11 heteroatoms. The molecular formula is C7H6ClN2O6S2+. The Morgan fingerprint density at radius 2 is 1.61 bits per heavy atom. The van der Waals surface area contributed by atoms with Gasteiger partial charge < -0.3 is 0 Å². The van der Waals surface area contributed by atoms with Crippen LogP contribution in [0.15, 0.2) is 15.9 Å². The van der Waals surface area contributed by atoms with Gasteiger partial charge in [0.1, 0.15) is 4.90 Å². The van der Waals surface area contributed by atoms with Crippen molar-refractivity contribution in [1.82, 2.24) is 0 Å². The largest absolute Gasteiger partial charge is 0.410 e. The van der Waals surface area contributed by atoms with Gasteiger partial charge in [0.2, 0.25) is 10.3 Å². The molecule has 98 valence electrons. The fourth-order valence-corrected chi connectivity index (χ4v) is 3.99. The van der Waals surface area contributed by atoms with Crippen LogP contribution in [-0.4, -0.2) is 25.9 Å². The van der Waals surface area contributed by atoms with Crippen molar-refractivity contribution in [3.63, 3.8) is 0 Å². The number of nitrogens with zero attached hydrogens (tertiary/aromatic N) is 2. The minimum atomic E-state index is -5.08. The first-order valence-electron chi connectivity index (χ1n) is 4.13. The summed E-state index contributed by atoms with van der Waals surface area (Å²) in [6, 6.07) is 0.967. The molecule has 0 fully saturated rings. The predicted molar refractivity (Wildman–Crippen MR) is 60.6 cm³/mol. The average molecular weight is 314 g/mol. The predicted octanol–water partition coefficient (Wildman–Crippen LogP) is 1.63. The molecule has 2 N–H and O–H groups in total. The van der Waals surface area contributed by atoms with Crippen molar-refractivity contribution in [1.29, 1.82) is 5.39 Å². The third-order valence-electron chi connectivity index (χ3n) is 1.97. The summed E-state index contributed by atoms with van der Waals surface area (Å²) in [4.78, 5) is 0.0530. The molecule has 1 aromatic rings. The van der Waals surface area contributed by atoms with Gasteiger partial charge in [-0.1, -0.05) is 11.6 Å². The van der Waals surface area contributed by atoms with Crippen molar-refractivity contribution in [3.05, 3.63) is 21.6 Å². The van der Waals surface area contributed by atoms with Gasteiger partial charge in [-0.25, -0.2) is 0 Å². The summed E-state index contributed by atoms with van der Waals surface area (Å²) in [5.74, 6) is 0. The molecule has 0 aliphatic rings. The van der Waals surface area contributed by atoms with E-state index in [2.05, 4.69) is 4.98 Å². The molecule has 0 aromatic heterocycles. The van der Waals surface area contributed by atoms with Crippen LogP contribution in [-0.2, 0) is 20.2 Å². The Balaban J connectivity index is 4.14. The normalized spacial score (nSPS) is 12.2. The van der Waals surface area contributed by atoms with Gasteiger partial charge in [-0.05, 0) is 13.0 Å². The van der Waals surface area contributed by atoms with E-state index in [4.69, 9.17) is 26.1 Å². The van der Waals surface area contributed by atoms with E-state index in [1.807, 2.05) is 0 Å². The lowest BCUT2D eigenvalue weighted by Crippen LogP contribution is -2.10. The first-order valence-corrected chi connectivity index (χ1v) is 7.39. The van der Waals surface area contributed by atoms with E-state index >= 15 is 0 Å². The third kappa shape index (κ3) is 2.60. The fourth-order valence-electron chi connectivity index (χ4n) is 1.32. The monoisotopic (exact) mass is 313 g/mol. The maximum Gasteiger partial charge on any atom is 0.410 e. The zero-order valence-corrected chi connectivity index (χ0v) is 11.1. The zero-order valence-electron chi connectivity index (χ0n) is 8.69. The average Bonchev–Trinajstić information content (AvgIpc) is 2.12. The molecule has 0 saturated heterocycles. The van der Waals surface area contributed by atoms with Gasteiger partial charge in [0.15, 0.2) is 4.98 Å². The summed E-state index contributed by atoms with van der Waals surface area (Å²) in [6.45, 7) is 1.27. The molecular weight excluding hydrogens is 308 g/mol. The lowest BCUT2D eigenvalue weighted by molar-refractivity contribution is 0.467. The Morgan fingerprint density at radius 1 is 1.17 bits per heavy atom. The van der Waals surface area contributed by atoms with E-state index in [1.165, 1.54) is 6.92 Å². The highest BCUT2D eigenvalue weighted by Gasteiger charge is 2.38. The van der Waals surface area contributed by atoms with Crippen molar-refractivity contribution in [3.8, 4) is 0 Å². The number of aryl methyl sites for hydroxylation is 1. The highest BCUT2D eigenvalue weighted by atomic mass is 35.5. The van der Waals surface area contributed by atoms with Gasteiger partial charge in [0.05, 0.1) is 5.02 Å². The molecule has 1 rings (SSSR count). The van der Waals surface area contributed by atoms with E-state index in [9.17, 15) is 16.8 Å². The smallest absolute Gasteiger partial charge is 0.282 e. The van der Waals surface area contributed by atoms with Crippen molar-refractivity contribution in [2.75, 3.05) is 0 Å². The molecule has 0 spiro atoms. The van der Waals surface area contributed by atoms with Crippen LogP contribution in [0.4, 0.5) is 5.69 Å². The van der Waals surface area contributed by atoms with Crippen molar-refractivity contribution in [2.24, 2.45) is 0 Å². The van der Waals surface area contributed by atoms with Crippen LogP contribution >= 0.6 is 11.6 Å². The van der Waals surface area contributed by atoms with Crippen LogP contribution in [0.25, 0.3) is 4.98 Å². The quantitative estimate of drug-likeness (QED) is 0.625. The van der Waals surface area contributed by atoms with Crippen molar-refractivity contribution >= 4 is 37.5 Å². The third-order valence-corrected chi connectivity index (χ3v) is 4.36. The van der Waals surface area contributed by atoms with Gasteiger partial charge in [0, 0.05) is 5.56 Å². The molecule has 0 atom stereocenters. The highest BCUT2D eigenvalue weighted by Crippen LogP contribution is 2.38. The molecule has 0 heterocycles. The Kier molecular flexibility index (Phi) is 3.66. The molecule has 0 aliphatic heterocycles. The maximum atomic E-state index is 11.1. The van der Waals surface area contributed by atoms with E-state index in [1.54, 1.807) is 0 Å². The lowest BCUT2D eigenvalue weighted by Gasteiger charge is -2.05. The van der Waals surface area contributed by atoms with E-state index in [-0.39, 0.29) is 5.56 Å². The first kappa shape index (κ1) is 14.8. The second kappa shape index (κ2) is 4.45. The molecule has 18 heavy (non-hydrogen) atoms. The molecule has 0 saturated carbocycles. The van der Waals surface area contributed by atoms with Gasteiger partial charge in [-0.2, -0.15) is 16.8 Å². The van der Waals surface area contributed by atoms with E-state index < -0.39 is 40.7 Å². The van der Waals surface area contributed by atoms with Crippen LogP contribution in [0.1, 0.15) is 5.56 Å². The number of hydrogen-bond donors (Lipinski definition) is 2. The minimum Gasteiger partial charge on any atom is -0.282 e. The topological polar surface area (TPSA) is 137 Å². The Labute approximate surface area is 107 Å². The van der Waals surface area contributed by atoms with Gasteiger partial charge >= 0.3 is 15.8 Å². The number of benzene rings is 1. The molecule has 0 amide bonds. The van der Waals surface area contributed by atoms with Crippen LogP contribution < -0.4 is 0 Å². The second-order valence-corrected chi connectivity index (χ2v) is 6.36. The summed E-state index contributed by atoms with van der Waals surface area (Å²) in [5.41, 5.74) is -0.739. The van der Waals surface area contributed by atoms with Crippen molar-refractivity contribution in [2.45, 2.75) is 16.7 Å². The highest BCUT2D eigenvalue weighted by molar-refractivity contribution is 7.89. The summed E-state index contributed by atoms with van der Waals surface area (Å²) in [7, 11) is -10.1. The van der Waals surface area contributed by atoms with Gasteiger partial charge in [-0.3, -0.25) is 9.11 Å². The van der Waals surface area contributed by atoms with Crippen LogP contribution in [0.3, 0.4) is 0 Å². The summed E-state index contributed by atoms with van der Waals surface area (Å²) >= 11 is 5.52. The molecule has 0 radical (unpaired) electrons. The summed E-state index contributed by atoms with van der Waals surface area (Å²) < 4.78 is 62.3.